The first kappa shape index (κ1) is 13.8. The molecule has 4 heteroatoms. The molecule has 2 nitrogen and oxygen atoms in total. The normalized spacial score (nSPS) is 21.5. The van der Waals surface area contributed by atoms with E-state index in [1.165, 1.54) is 12.0 Å². The van der Waals surface area contributed by atoms with Gasteiger partial charge in [-0.05, 0) is 37.1 Å². The zero-order valence-corrected chi connectivity index (χ0v) is 10.8. The number of hydrogen-bond donors (Lipinski definition) is 1. The summed E-state index contributed by atoms with van der Waals surface area (Å²) in [6, 6.07) is 8.41. The van der Waals surface area contributed by atoms with Crippen LogP contribution in [0.1, 0.15) is 18.4 Å². The zero-order valence-electron chi connectivity index (χ0n) is 9.23. The summed E-state index contributed by atoms with van der Waals surface area (Å²) in [6.07, 6.45) is 2.38. The lowest BCUT2D eigenvalue weighted by atomic mass is 10.1. The van der Waals surface area contributed by atoms with Crippen LogP contribution >= 0.6 is 24.0 Å². The van der Waals surface area contributed by atoms with Crippen molar-refractivity contribution < 1.29 is 0 Å². The van der Waals surface area contributed by atoms with E-state index < -0.39 is 0 Å². The largest absolute Gasteiger partial charge is 0.327 e. The van der Waals surface area contributed by atoms with E-state index in [1.807, 2.05) is 12.1 Å². The Morgan fingerprint density at radius 3 is 2.62 bits per heavy atom. The minimum atomic E-state index is 0. The minimum absolute atomic E-state index is 0. The lowest BCUT2D eigenvalue weighted by Gasteiger charge is -2.30. The molecule has 1 aromatic carbocycles. The van der Waals surface area contributed by atoms with Gasteiger partial charge in [-0.3, -0.25) is 4.90 Å². The van der Waals surface area contributed by atoms with Crippen molar-refractivity contribution in [3.05, 3.63) is 34.9 Å². The number of nitrogens with two attached hydrogens (primary N) is 1. The fourth-order valence-corrected chi connectivity index (χ4v) is 2.21. The van der Waals surface area contributed by atoms with Crippen LogP contribution in [-0.2, 0) is 6.54 Å². The molecule has 1 aromatic rings. The highest BCUT2D eigenvalue weighted by molar-refractivity contribution is 6.30. The average Bonchev–Trinajstić information content (AvgIpc) is 2.22. The van der Waals surface area contributed by atoms with Gasteiger partial charge in [0.1, 0.15) is 0 Å². The fourth-order valence-electron chi connectivity index (χ4n) is 2.08. The van der Waals surface area contributed by atoms with Crippen LogP contribution in [-0.4, -0.2) is 24.0 Å². The van der Waals surface area contributed by atoms with E-state index in [0.29, 0.717) is 6.04 Å². The molecule has 0 spiro atoms. The molecule has 1 atom stereocenters. The Hall–Kier alpha value is -0.280. The maximum absolute atomic E-state index is 5.94. The van der Waals surface area contributed by atoms with Crippen LogP contribution in [0, 0.1) is 0 Å². The molecule has 1 saturated heterocycles. The monoisotopic (exact) mass is 260 g/mol. The molecule has 1 aliphatic heterocycles. The summed E-state index contributed by atoms with van der Waals surface area (Å²) in [7, 11) is 0. The van der Waals surface area contributed by atoms with Crippen LogP contribution < -0.4 is 5.73 Å². The maximum Gasteiger partial charge on any atom is 0.0406 e. The van der Waals surface area contributed by atoms with E-state index in [0.717, 1.165) is 31.1 Å². The first-order chi connectivity index (χ1) is 7.24. The van der Waals surface area contributed by atoms with Crippen LogP contribution in [0.4, 0.5) is 0 Å². The van der Waals surface area contributed by atoms with Crippen molar-refractivity contribution in [1.29, 1.82) is 0 Å². The molecule has 0 bridgehead atoms. The van der Waals surface area contributed by atoms with E-state index in [9.17, 15) is 0 Å². The Labute approximate surface area is 108 Å². The van der Waals surface area contributed by atoms with Crippen LogP contribution in [0.5, 0.6) is 0 Å². The number of likely N-dealkylation sites (tertiary alicyclic amines) is 1. The first-order valence-electron chi connectivity index (χ1n) is 5.46. The highest BCUT2D eigenvalue weighted by Crippen LogP contribution is 2.14. The van der Waals surface area contributed by atoms with Crippen LogP contribution in [0.2, 0.25) is 5.02 Å². The number of piperidine rings is 1. The van der Waals surface area contributed by atoms with E-state index in [4.69, 9.17) is 17.3 Å². The Morgan fingerprint density at radius 2 is 2.00 bits per heavy atom. The highest BCUT2D eigenvalue weighted by atomic mass is 35.5. The molecule has 0 amide bonds. The second kappa shape index (κ2) is 6.45. The Bertz CT molecular complexity index is 313. The third-order valence-electron chi connectivity index (χ3n) is 2.86. The molecule has 2 rings (SSSR count). The van der Waals surface area contributed by atoms with Gasteiger partial charge in [-0.2, -0.15) is 0 Å². The number of rotatable bonds is 2. The van der Waals surface area contributed by atoms with Crippen molar-refractivity contribution in [3.8, 4) is 0 Å². The van der Waals surface area contributed by atoms with Crippen molar-refractivity contribution in [2.45, 2.75) is 25.4 Å². The molecule has 1 heterocycles. The molecule has 90 valence electrons. The molecule has 2 N–H and O–H groups in total. The number of benzene rings is 1. The molecule has 16 heavy (non-hydrogen) atoms. The Morgan fingerprint density at radius 1 is 1.31 bits per heavy atom. The van der Waals surface area contributed by atoms with Crippen molar-refractivity contribution in [3.63, 3.8) is 0 Å². The quantitative estimate of drug-likeness (QED) is 0.886. The zero-order chi connectivity index (χ0) is 10.7. The number of nitrogens with zero attached hydrogens (tertiary/aromatic N) is 1. The Kier molecular flexibility index (Phi) is 5.56. The van der Waals surface area contributed by atoms with Gasteiger partial charge in [-0.15, -0.1) is 12.4 Å². The minimum Gasteiger partial charge on any atom is -0.327 e. The van der Waals surface area contributed by atoms with Crippen molar-refractivity contribution in [2.75, 3.05) is 13.1 Å². The van der Waals surface area contributed by atoms with Gasteiger partial charge in [-0.25, -0.2) is 0 Å². The molecule has 1 aliphatic rings. The third kappa shape index (κ3) is 3.95. The van der Waals surface area contributed by atoms with Crippen LogP contribution in [0.3, 0.4) is 0 Å². The molecular weight excluding hydrogens is 243 g/mol. The number of hydrogen-bond acceptors (Lipinski definition) is 2. The SMILES string of the molecule is Cl.NC1CCCN(Cc2ccc(Cl)cc2)C1. The molecule has 1 fully saturated rings. The second-order valence-corrected chi connectivity index (χ2v) is 4.70. The standard InChI is InChI=1S/C12H17ClN2.ClH/c13-11-5-3-10(4-6-11)8-15-7-1-2-12(14)9-15;/h3-6,12H,1-2,7-9,14H2;1H. The van der Waals surface area contributed by atoms with Crippen molar-refractivity contribution >= 4 is 24.0 Å². The van der Waals surface area contributed by atoms with E-state index in [2.05, 4.69) is 17.0 Å². The van der Waals surface area contributed by atoms with Crippen molar-refractivity contribution in [2.24, 2.45) is 5.73 Å². The van der Waals surface area contributed by atoms with Gasteiger partial charge in [0.05, 0.1) is 0 Å². The van der Waals surface area contributed by atoms with Crippen LogP contribution in [0.15, 0.2) is 24.3 Å². The van der Waals surface area contributed by atoms with Gasteiger partial charge in [0.2, 0.25) is 0 Å². The topological polar surface area (TPSA) is 29.3 Å². The van der Waals surface area contributed by atoms with Gasteiger partial charge in [0, 0.05) is 24.2 Å². The summed E-state index contributed by atoms with van der Waals surface area (Å²) in [5.74, 6) is 0. The maximum atomic E-state index is 5.94. The Balaban J connectivity index is 0.00000128. The molecule has 0 aliphatic carbocycles. The predicted molar refractivity (Wildman–Crippen MR) is 71.2 cm³/mol. The molecule has 0 aromatic heterocycles. The lowest BCUT2D eigenvalue weighted by Crippen LogP contribution is -2.42. The van der Waals surface area contributed by atoms with E-state index >= 15 is 0 Å². The third-order valence-corrected chi connectivity index (χ3v) is 3.11. The second-order valence-electron chi connectivity index (χ2n) is 4.26. The van der Waals surface area contributed by atoms with Gasteiger partial charge >= 0.3 is 0 Å². The molecular formula is C12H18Cl2N2. The van der Waals surface area contributed by atoms with E-state index in [1.54, 1.807) is 0 Å². The smallest absolute Gasteiger partial charge is 0.0406 e. The summed E-state index contributed by atoms with van der Waals surface area (Å²) in [6.45, 7) is 3.17. The highest BCUT2D eigenvalue weighted by Gasteiger charge is 2.16. The molecule has 0 saturated carbocycles. The van der Waals surface area contributed by atoms with Gasteiger partial charge in [0.25, 0.3) is 0 Å². The van der Waals surface area contributed by atoms with Gasteiger partial charge in [0.15, 0.2) is 0 Å². The summed E-state index contributed by atoms with van der Waals surface area (Å²) in [4.78, 5) is 2.41. The first-order valence-corrected chi connectivity index (χ1v) is 5.84. The summed E-state index contributed by atoms with van der Waals surface area (Å²) in [5, 5.41) is 0.800. The van der Waals surface area contributed by atoms with Gasteiger partial charge < -0.3 is 5.73 Å². The predicted octanol–water partition coefficient (Wildman–Crippen LogP) is 2.68. The summed E-state index contributed by atoms with van der Waals surface area (Å²) >= 11 is 5.84. The van der Waals surface area contributed by atoms with Crippen molar-refractivity contribution in [1.82, 2.24) is 4.90 Å². The lowest BCUT2D eigenvalue weighted by molar-refractivity contribution is 0.201. The average molecular weight is 261 g/mol. The molecule has 0 radical (unpaired) electrons. The van der Waals surface area contributed by atoms with E-state index in [-0.39, 0.29) is 12.4 Å². The number of halogens is 2. The summed E-state index contributed by atoms with van der Waals surface area (Å²) < 4.78 is 0. The summed E-state index contributed by atoms with van der Waals surface area (Å²) in [5.41, 5.74) is 7.25. The fraction of sp³-hybridized carbons (Fsp3) is 0.500. The van der Waals surface area contributed by atoms with Crippen LogP contribution in [0.25, 0.3) is 0 Å². The molecule has 1 unspecified atom stereocenters. The van der Waals surface area contributed by atoms with Gasteiger partial charge in [-0.1, -0.05) is 23.7 Å².